The molecule has 0 saturated heterocycles. The smallest absolute Gasteiger partial charge is 0.193 e. The van der Waals surface area contributed by atoms with Crippen molar-refractivity contribution in [3.8, 4) is 0 Å². The third-order valence-corrected chi connectivity index (χ3v) is 1.82. The van der Waals surface area contributed by atoms with Gasteiger partial charge in [-0.2, -0.15) is 0 Å². The van der Waals surface area contributed by atoms with Gasteiger partial charge in [0.05, 0.1) is 12.6 Å². The molecule has 0 aromatic carbocycles. The second-order valence-electron chi connectivity index (χ2n) is 2.44. The summed E-state index contributed by atoms with van der Waals surface area (Å²) in [6.07, 6.45) is 0. The van der Waals surface area contributed by atoms with Crippen LogP contribution in [0.15, 0.2) is 16.5 Å². The number of rotatable bonds is 4. The van der Waals surface area contributed by atoms with Crippen molar-refractivity contribution in [3.05, 3.63) is 23.1 Å². The highest BCUT2D eigenvalue weighted by molar-refractivity contribution is 6.28. The fourth-order valence-electron chi connectivity index (χ4n) is 0.990. The number of hydrogen-bond acceptors (Lipinski definition) is 3. The van der Waals surface area contributed by atoms with Crippen LogP contribution in [0.2, 0.25) is 5.22 Å². The van der Waals surface area contributed by atoms with Crippen LogP contribution in [-0.4, -0.2) is 20.8 Å². The summed E-state index contributed by atoms with van der Waals surface area (Å²) >= 11 is 5.63. The molecule has 0 bridgehead atoms. The molecule has 1 atom stereocenters. The van der Waals surface area contributed by atoms with E-state index >= 15 is 0 Å². The van der Waals surface area contributed by atoms with Gasteiger partial charge in [0.25, 0.3) is 0 Å². The van der Waals surface area contributed by atoms with Gasteiger partial charge < -0.3 is 14.5 Å². The van der Waals surface area contributed by atoms with Crippen LogP contribution >= 0.6 is 11.6 Å². The van der Waals surface area contributed by atoms with Gasteiger partial charge in [0, 0.05) is 7.11 Å². The van der Waals surface area contributed by atoms with Crippen LogP contribution in [0.1, 0.15) is 11.8 Å². The lowest BCUT2D eigenvalue weighted by Gasteiger charge is -2.11. The van der Waals surface area contributed by atoms with E-state index in [1.54, 1.807) is 13.2 Å². The van der Waals surface area contributed by atoms with Crippen LogP contribution < -0.4 is 5.32 Å². The van der Waals surface area contributed by atoms with Crippen LogP contribution in [0.4, 0.5) is 0 Å². The second-order valence-corrected chi connectivity index (χ2v) is 2.81. The molecule has 1 aromatic heterocycles. The maximum atomic E-state index is 5.63. The highest BCUT2D eigenvalue weighted by Gasteiger charge is 2.12. The Morgan fingerprint density at radius 3 is 2.83 bits per heavy atom. The van der Waals surface area contributed by atoms with Gasteiger partial charge in [0.1, 0.15) is 5.76 Å². The molecule has 0 aliphatic carbocycles. The Labute approximate surface area is 76.7 Å². The van der Waals surface area contributed by atoms with Crippen LogP contribution in [0, 0.1) is 0 Å². The van der Waals surface area contributed by atoms with Gasteiger partial charge in [-0.1, -0.05) is 0 Å². The molecule has 0 spiro atoms. The SMILES string of the molecule is CNC(COC)c1ccc(Cl)o1. The van der Waals surface area contributed by atoms with Gasteiger partial charge in [-0.05, 0) is 30.8 Å². The first-order valence-corrected chi connectivity index (χ1v) is 4.07. The van der Waals surface area contributed by atoms with E-state index in [-0.39, 0.29) is 6.04 Å². The lowest BCUT2D eigenvalue weighted by molar-refractivity contribution is 0.161. The fraction of sp³-hybridized carbons (Fsp3) is 0.500. The molecule has 3 nitrogen and oxygen atoms in total. The summed E-state index contributed by atoms with van der Waals surface area (Å²) in [6.45, 7) is 0.570. The van der Waals surface area contributed by atoms with Crippen molar-refractivity contribution in [1.82, 2.24) is 5.32 Å². The number of ether oxygens (including phenoxy) is 1. The van der Waals surface area contributed by atoms with Crippen molar-refractivity contribution in [2.45, 2.75) is 6.04 Å². The molecule has 1 rings (SSSR count). The lowest BCUT2D eigenvalue weighted by atomic mass is 10.2. The van der Waals surface area contributed by atoms with Crippen LogP contribution in [-0.2, 0) is 4.74 Å². The molecule has 0 amide bonds. The second kappa shape index (κ2) is 4.50. The van der Waals surface area contributed by atoms with Crippen molar-refractivity contribution in [2.75, 3.05) is 20.8 Å². The molecule has 1 unspecified atom stereocenters. The van der Waals surface area contributed by atoms with Crippen molar-refractivity contribution in [2.24, 2.45) is 0 Å². The molecule has 68 valence electrons. The Morgan fingerprint density at radius 1 is 1.67 bits per heavy atom. The minimum absolute atomic E-state index is 0.0718. The van der Waals surface area contributed by atoms with Gasteiger partial charge >= 0.3 is 0 Å². The summed E-state index contributed by atoms with van der Waals surface area (Å²) in [5.74, 6) is 0.796. The number of nitrogens with one attached hydrogen (secondary N) is 1. The van der Waals surface area contributed by atoms with Crippen molar-refractivity contribution in [1.29, 1.82) is 0 Å². The van der Waals surface area contributed by atoms with E-state index in [0.717, 1.165) is 5.76 Å². The third kappa shape index (κ3) is 2.24. The van der Waals surface area contributed by atoms with Crippen LogP contribution in [0.3, 0.4) is 0 Å². The van der Waals surface area contributed by atoms with Crippen molar-refractivity contribution < 1.29 is 9.15 Å². The molecule has 0 aliphatic rings. The van der Waals surface area contributed by atoms with Gasteiger partial charge in [-0.15, -0.1) is 0 Å². The topological polar surface area (TPSA) is 34.4 Å². The largest absolute Gasteiger partial charge is 0.448 e. The van der Waals surface area contributed by atoms with Crippen molar-refractivity contribution >= 4 is 11.6 Å². The van der Waals surface area contributed by atoms with E-state index in [1.807, 2.05) is 13.1 Å². The number of furan rings is 1. The molecular weight excluding hydrogens is 178 g/mol. The van der Waals surface area contributed by atoms with E-state index in [4.69, 9.17) is 20.8 Å². The predicted molar refractivity (Wildman–Crippen MR) is 47.4 cm³/mol. The van der Waals surface area contributed by atoms with Gasteiger partial charge in [-0.25, -0.2) is 0 Å². The van der Waals surface area contributed by atoms with Crippen molar-refractivity contribution in [3.63, 3.8) is 0 Å². The number of hydrogen-bond donors (Lipinski definition) is 1. The maximum Gasteiger partial charge on any atom is 0.193 e. The molecule has 0 saturated carbocycles. The molecule has 1 aromatic rings. The zero-order valence-corrected chi connectivity index (χ0v) is 7.89. The van der Waals surface area contributed by atoms with E-state index in [0.29, 0.717) is 11.8 Å². The van der Waals surface area contributed by atoms with E-state index in [9.17, 15) is 0 Å². The summed E-state index contributed by atoms with van der Waals surface area (Å²) < 4.78 is 10.2. The molecule has 12 heavy (non-hydrogen) atoms. The van der Waals surface area contributed by atoms with E-state index < -0.39 is 0 Å². The number of methoxy groups -OCH3 is 1. The average molecular weight is 190 g/mol. The van der Waals surface area contributed by atoms with Crippen LogP contribution in [0.5, 0.6) is 0 Å². The first kappa shape index (κ1) is 9.58. The Hall–Kier alpha value is -0.510. The van der Waals surface area contributed by atoms with Crippen LogP contribution in [0.25, 0.3) is 0 Å². The first-order chi connectivity index (χ1) is 5.77. The normalized spacial score (nSPS) is 13.2. The van der Waals surface area contributed by atoms with Gasteiger partial charge in [0.2, 0.25) is 0 Å². The Kier molecular flexibility index (Phi) is 3.59. The summed E-state index contributed by atoms with van der Waals surface area (Å²) in [6, 6.07) is 3.63. The standard InChI is InChI=1S/C8H12ClNO2/c1-10-6(5-11-2)7-3-4-8(9)12-7/h3-4,6,10H,5H2,1-2H3. The van der Waals surface area contributed by atoms with Gasteiger partial charge in [0.15, 0.2) is 5.22 Å². The highest BCUT2D eigenvalue weighted by Crippen LogP contribution is 2.19. The van der Waals surface area contributed by atoms with E-state index in [1.165, 1.54) is 0 Å². The molecule has 0 fully saturated rings. The first-order valence-electron chi connectivity index (χ1n) is 3.69. The zero-order valence-electron chi connectivity index (χ0n) is 7.13. The Bertz CT molecular complexity index is 237. The highest BCUT2D eigenvalue weighted by atomic mass is 35.5. The fourth-order valence-corrected chi connectivity index (χ4v) is 1.14. The minimum Gasteiger partial charge on any atom is -0.448 e. The average Bonchev–Trinajstić information content (AvgIpc) is 2.47. The summed E-state index contributed by atoms with van der Waals surface area (Å²) in [7, 11) is 3.50. The molecule has 1 heterocycles. The number of halogens is 1. The van der Waals surface area contributed by atoms with Gasteiger partial charge in [-0.3, -0.25) is 0 Å². The monoisotopic (exact) mass is 189 g/mol. The quantitative estimate of drug-likeness (QED) is 0.785. The molecule has 0 aliphatic heterocycles. The summed E-state index contributed by atoms with van der Waals surface area (Å²) in [5.41, 5.74) is 0. The minimum atomic E-state index is 0.0718. The molecule has 1 N–H and O–H groups in total. The third-order valence-electron chi connectivity index (χ3n) is 1.62. The molecule has 4 heteroatoms. The Balaban J connectivity index is 2.66. The summed E-state index contributed by atoms with van der Waals surface area (Å²) in [5, 5.41) is 3.46. The number of likely N-dealkylation sites (N-methyl/N-ethyl adjacent to an activating group) is 1. The predicted octanol–water partition coefficient (Wildman–Crippen LogP) is 1.84. The molecule has 0 radical (unpaired) electrons. The van der Waals surface area contributed by atoms with E-state index in [2.05, 4.69) is 5.32 Å². The lowest BCUT2D eigenvalue weighted by Crippen LogP contribution is -2.20. The maximum absolute atomic E-state index is 5.63. The summed E-state index contributed by atoms with van der Waals surface area (Å²) in [4.78, 5) is 0. The Morgan fingerprint density at radius 2 is 2.42 bits per heavy atom. The molecular formula is C8H12ClNO2. The zero-order chi connectivity index (χ0) is 8.97.